The fourth-order valence-corrected chi connectivity index (χ4v) is 6.86. The van der Waals surface area contributed by atoms with Gasteiger partial charge in [-0.3, -0.25) is 4.79 Å². The average Bonchev–Trinajstić information content (AvgIpc) is 2.97. The Morgan fingerprint density at radius 1 is 0.923 bits per heavy atom. The molecule has 0 radical (unpaired) electrons. The number of piperidine rings is 3. The molecule has 0 aromatic heterocycles. The van der Waals surface area contributed by atoms with E-state index in [1.54, 1.807) is 42.5 Å². The Kier molecular flexibility index (Phi) is 7.83. The first-order chi connectivity index (χ1) is 18.8. The molecule has 0 saturated carbocycles. The van der Waals surface area contributed by atoms with Crippen LogP contribution in [0.15, 0.2) is 89.8 Å². The molecule has 2 atom stereocenters. The van der Waals surface area contributed by atoms with Gasteiger partial charge in [0, 0.05) is 24.3 Å². The first-order valence-electron chi connectivity index (χ1n) is 13.1. The molecule has 6 rings (SSSR count). The van der Waals surface area contributed by atoms with Gasteiger partial charge in [-0.15, -0.1) is 0 Å². The first kappa shape index (κ1) is 27.1. The second kappa shape index (κ2) is 11.3. The molecule has 9 heteroatoms. The normalized spacial score (nSPS) is 23.1. The van der Waals surface area contributed by atoms with E-state index in [1.165, 1.54) is 19.2 Å². The van der Waals surface area contributed by atoms with E-state index in [1.807, 2.05) is 30.3 Å². The van der Waals surface area contributed by atoms with Crippen molar-refractivity contribution in [2.45, 2.75) is 29.9 Å². The third kappa shape index (κ3) is 6.06. The van der Waals surface area contributed by atoms with Gasteiger partial charge in [0.05, 0.1) is 25.1 Å². The quantitative estimate of drug-likeness (QED) is 0.235. The average molecular weight is 550 g/mol. The second-order valence-electron chi connectivity index (χ2n) is 10.4. The van der Waals surface area contributed by atoms with Crippen LogP contribution in [0.1, 0.15) is 34.8 Å². The fraction of sp³-hybridized carbons (Fsp3) is 0.333. The van der Waals surface area contributed by atoms with Gasteiger partial charge in [0.2, 0.25) is 15.8 Å². The molecule has 0 amide bonds. The summed E-state index contributed by atoms with van der Waals surface area (Å²) in [7, 11) is -2.54. The highest BCUT2D eigenvalue weighted by molar-refractivity contribution is 7.89. The molecule has 3 fully saturated rings. The van der Waals surface area contributed by atoms with Gasteiger partial charge in [-0.25, -0.2) is 13.2 Å². The van der Waals surface area contributed by atoms with Crippen molar-refractivity contribution >= 4 is 21.8 Å². The van der Waals surface area contributed by atoms with Crippen LogP contribution in [0.2, 0.25) is 0 Å². The summed E-state index contributed by atoms with van der Waals surface area (Å²) in [5.41, 5.74) is 1.17. The minimum absolute atomic E-state index is 0.0174. The van der Waals surface area contributed by atoms with Crippen LogP contribution in [0, 0.1) is 5.92 Å². The van der Waals surface area contributed by atoms with Crippen LogP contribution in [0.5, 0.6) is 5.75 Å². The third-order valence-electron chi connectivity index (χ3n) is 7.90. The zero-order chi connectivity index (χ0) is 27.5. The highest BCUT2D eigenvalue weighted by Crippen LogP contribution is 2.36. The number of nitrogens with one attached hydrogen (secondary N) is 1. The summed E-state index contributed by atoms with van der Waals surface area (Å²) in [6.45, 7) is 2.63. The van der Waals surface area contributed by atoms with Crippen LogP contribution >= 0.6 is 0 Å². The zero-order valence-electron chi connectivity index (χ0n) is 21.9. The summed E-state index contributed by atoms with van der Waals surface area (Å²) in [6, 6.07) is 22.7. The summed E-state index contributed by atoms with van der Waals surface area (Å²) in [5, 5.41) is 0. The van der Waals surface area contributed by atoms with Crippen LogP contribution in [-0.4, -0.2) is 64.0 Å². The number of fused-ring (bicyclic) bond motifs is 3. The van der Waals surface area contributed by atoms with Crippen LogP contribution in [0.3, 0.4) is 0 Å². The lowest BCUT2D eigenvalue weighted by Crippen LogP contribution is -2.66. The predicted molar refractivity (Wildman–Crippen MR) is 146 cm³/mol. The second-order valence-corrected chi connectivity index (χ2v) is 12.1. The summed E-state index contributed by atoms with van der Waals surface area (Å²) in [4.78, 5) is 26.7. The number of sulfonamides is 1. The maximum Gasteiger partial charge on any atom is 0.329 e. The number of carbonyl (C=O) groups is 2. The number of ether oxygens (including phenoxy) is 2. The zero-order valence-corrected chi connectivity index (χ0v) is 22.7. The molecule has 3 aliphatic rings. The lowest BCUT2D eigenvalue weighted by molar-refractivity contribution is -0.938. The predicted octanol–water partition coefficient (Wildman–Crippen LogP) is 3.75. The van der Waals surface area contributed by atoms with Crippen molar-refractivity contribution < 1.29 is 32.0 Å². The molecule has 204 valence electrons. The Balaban J connectivity index is 1.33. The minimum Gasteiger partial charge on any atom is -0.497 e. The molecule has 1 unspecified atom stereocenters. The van der Waals surface area contributed by atoms with Crippen molar-refractivity contribution in [1.29, 1.82) is 0 Å². The van der Waals surface area contributed by atoms with Crippen molar-refractivity contribution in [3.63, 3.8) is 0 Å². The number of benzene rings is 3. The van der Waals surface area contributed by atoms with Crippen LogP contribution in [0.4, 0.5) is 0 Å². The molecule has 0 spiro atoms. The highest BCUT2D eigenvalue weighted by atomic mass is 32.2. The molecule has 1 N–H and O–H groups in total. The maximum atomic E-state index is 13.6. The van der Waals surface area contributed by atoms with Crippen LogP contribution in [0.25, 0.3) is 0 Å². The van der Waals surface area contributed by atoms with Crippen LogP contribution in [-0.2, 0) is 19.6 Å². The van der Waals surface area contributed by atoms with E-state index in [2.05, 4.69) is 4.72 Å². The van der Waals surface area contributed by atoms with Gasteiger partial charge in [-0.05, 0) is 29.8 Å². The number of nitrogens with zero attached hydrogens (tertiary/aromatic N) is 1. The van der Waals surface area contributed by atoms with Gasteiger partial charge in [-0.1, -0.05) is 60.7 Å². The first-order valence-corrected chi connectivity index (χ1v) is 14.6. The van der Waals surface area contributed by atoms with E-state index >= 15 is 0 Å². The van der Waals surface area contributed by atoms with Gasteiger partial charge in [0.25, 0.3) is 0 Å². The van der Waals surface area contributed by atoms with Gasteiger partial charge in [0.1, 0.15) is 24.9 Å². The van der Waals surface area contributed by atoms with E-state index in [0.717, 1.165) is 25.9 Å². The number of carbonyl (C=O) groups excluding carboxylic acids is 2. The van der Waals surface area contributed by atoms with Crippen molar-refractivity contribution in [1.82, 2.24) is 4.72 Å². The Morgan fingerprint density at radius 3 is 2.15 bits per heavy atom. The van der Waals surface area contributed by atoms with E-state index in [0.29, 0.717) is 34.4 Å². The van der Waals surface area contributed by atoms with Crippen molar-refractivity contribution in [2.75, 3.05) is 33.3 Å². The molecule has 8 nitrogen and oxygen atoms in total. The number of rotatable bonds is 10. The number of ketones is 1. The molecule has 3 aromatic carbocycles. The smallest absolute Gasteiger partial charge is 0.329 e. The van der Waals surface area contributed by atoms with Crippen molar-refractivity contribution in [3.8, 4) is 5.75 Å². The molecule has 3 aliphatic heterocycles. The number of methoxy groups -OCH3 is 1. The van der Waals surface area contributed by atoms with Gasteiger partial charge >= 0.3 is 5.97 Å². The Morgan fingerprint density at radius 2 is 1.54 bits per heavy atom. The monoisotopic (exact) mass is 549 g/mol. The molecule has 39 heavy (non-hydrogen) atoms. The molecule has 3 aromatic rings. The summed E-state index contributed by atoms with van der Waals surface area (Å²) >= 11 is 0. The van der Waals surface area contributed by atoms with Crippen LogP contribution < -0.4 is 9.46 Å². The topological polar surface area (TPSA) is 98.8 Å². The van der Waals surface area contributed by atoms with E-state index in [9.17, 15) is 18.0 Å². The molecule has 3 heterocycles. The third-order valence-corrected chi connectivity index (χ3v) is 9.33. The van der Waals surface area contributed by atoms with E-state index in [4.69, 9.17) is 9.47 Å². The Hall–Kier alpha value is -3.53. The number of Topliss-reactive ketones (excluding diaryl/α,β-unsaturated/α-hetero) is 1. The molecular formula is C30H33N2O6S+. The molecule has 2 bridgehead atoms. The number of quaternary nitrogens is 1. The summed E-state index contributed by atoms with van der Waals surface area (Å²) in [6.07, 6.45) is 1.32. The summed E-state index contributed by atoms with van der Waals surface area (Å²) < 4.78 is 40.8. The molecule has 3 saturated heterocycles. The Bertz CT molecular complexity index is 1400. The number of hydrogen-bond donors (Lipinski definition) is 1. The van der Waals surface area contributed by atoms with Gasteiger partial charge in [0.15, 0.2) is 6.10 Å². The largest absolute Gasteiger partial charge is 0.497 e. The molecule has 0 aliphatic carbocycles. The number of esters is 1. The Labute approximate surface area is 229 Å². The van der Waals surface area contributed by atoms with Gasteiger partial charge in [-0.2, -0.15) is 4.72 Å². The minimum atomic E-state index is -4.04. The SMILES string of the molecule is COc1ccc(S(=O)(=O)NC(C(=O)O[C@H]2C[N+]3(CC(=O)c4ccccc4)CCC2CC3)c2ccccc2)cc1. The van der Waals surface area contributed by atoms with E-state index < -0.39 is 22.0 Å². The lowest BCUT2D eigenvalue weighted by atomic mass is 9.82. The summed E-state index contributed by atoms with van der Waals surface area (Å²) in [5.74, 6) is 0.147. The highest BCUT2D eigenvalue weighted by Gasteiger charge is 2.49. The van der Waals surface area contributed by atoms with Crippen molar-refractivity contribution in [2.24, 2.45) is 5.92 Å². The number of hydrogen-bond acceptors (Lipinski definition) is 6. The molecular weight excluding hydrogens is 516 g/mol. The standard InChI is InChI=1S/C30H33N2O6S/c1-37-25-12-14-26(15-13-25)39(35,36)31-29(24-10-6-3-7-11-24)30(34)38-28-21-32(18-16-23(28)17-19-32)20-27(33)22-8-4-2-5-9-22/h2-15,23,28-29,31H,16-21H2,1H3/q+1/t23?,28-,29?,32?/m0/s1. The lowest BCUT2D eigenvalue weighted by Gasteiger charge is -2.51. The van der Waals surface area contributed by atoms with Gasteiger partial charge < -0.3 is 14.0 Å². The van der Waals surface area contributed by atoms with Crippen molar-refractivity contribution in [3.05, 3.63) is 96.1 Å². The maximum absolute atomic E-state index is 13.6. The van der Waals surface area contributed by atoms with E-state index in [-0.39, 0.29) is 22.7 Å². The fourth-order valence-electron chi connectivity index (χ4n) is 5.69.